The minimum atomic E-state index is -0.317. The summed E-state index contributed by atoms with van der Waals surface area (Å²) in [5.41, 5.74) is 2.81. The molecule has 19 heavy (non-hydrogen) atoms. The monoisotopic (exact) mass is 256 g/mol. The molecule has 0 spiro atoms. The van der Waals surface area contributed by atoms with Gasteiger partial charge in [0.05, 0.1) is 6.61 Å². The van der Waals surface area contributed by atoms with E-state index < -0.39 is 0 Å². The van der Waals surface area contributed by atoms with Crippen LogP contribution in [0.15, 0.2) is 36.4 Å². The second-order valence-electron chi connectivity index (χ2n) is 4.63. The number of hydrogen-bond donors (Lipinski definition) is 0. The quantitative estimate of drug-likeness (QED) is 0.767. The van der Waals surface area contributed by atoms with Crippen LogP contribution in [0.5, 0.6) is 5.75 Å². The molecule has 1 aliphatic heterocycles. The molecular formula is C16H13FO2. The second kappa shape index (κ2) is 4.84. The first-order valence-electron chi connectivity index (χ1n) is 6.29. The lowest BCUT2D eigenvalue weighted by molar-refractivity contribution is 0.112. The molecule has 3 heteroatoms. The van der Waals surface area contributed by atoms with Crippen LogP contribution in [-0.2, 0) is 6.42 Å². The maximum atomic E-state index is 13.9. The van der Waals surface area contributed by atoms with Gasteiger partial charge in [-0.1, -0.05) is 6.07 Å². The van der Waals surface area contributed by atoms with E-state index in [-0.39, 0.29) is 5.82 Å². The summed E-state index contributed by atoms with van der Waals surface area (Å²) in [6, 6.07) is 10.0. The van der Waals surface area contributed by atoms with Gasteiger partial charge in [-0.15, -0.1) is 0 Å². The summed E-state index contributed by atoms with van der Waals surface area (Å²) in [5.74, 6) is 0.559. The smallest absolute Gasteiger partial charge is 0.150 e. The van der Waals surface area contributed by atoms with Crippen molar-refractivity contribution >= 4 is 6.29 Å². The molecule has 1 heterocycles. The van der Waals surface area contributed by atoms with Gasteiger partial charge in [0.15, 0.2) is 0 Å². The van der Waals surface area contributed by atoms with E-state index >= 15 is 0 Å². The van der Waals surface area contributed by atoms with E-state index in [1.165, 1.54) is 12.1 Å². The van der Waals surface area contributed by atoms with Crippen LogP contribution >= 0.6 is 0 Å². The Morgan fingerprint density at radius 1 is 1.16 bits per heavy atom. The van der Waals surface area contributed by atoms with Crippen molar-refractivity contribution in [2.75, 3.05) is 6.61 Å². The first kappa shape index (κ1) is 11.9. The fourth-order valence-electron chi connectivity index (χ4n) is 2.37. The van der Waals surface area contributed by atoms with Crippen LogP contribution in [0.2, 0.25) is 0 Å². The van der Waals surface area contributed by atoms with Gasteiger partial charge >= 0.3 is 0 Å². The Kier molecular flexibility index (Phi) is 3.03. The molecule has 3 rings (SSSR count). The van der Waals surface area contributed by atoms with Crippen LogP contribution in [0.4, 0.5) is 4.39 Å². The molecular weight excluding hydrogens is 243 g/mol. The van der Waals surface area contributed by atoms with E-state index in [9.17, 15) is 9.18 Å². The van der Waals surface area contributed by atoms with Crippen LogP contribution in [0.1, 0.15) is 22.3 Å². The molecule has 2 aromatic rings. The average molecular weight is 256 g/mol. The lowest BCUT2D eigenvalue weighted by Gasteiger charge is -2.18. The molecule has 2 nitrogen and oxygen atoms in total. The van der Waals surface area contributed by atoms with Gasteiger partial charge < -0.3 is 4.74 Å². The zero-order valence-corrected chi connectivity index (χ0v) is 10.4. The average Bonchev–Trinajstić information content (AvgIpc) is 2.47. The summed E-state index contributed by atoms with van der Waals surface area (Å²) in [4.78, 5) is 10.8. The molecule has 2 aromatic carbocycles. The Morgan fingerprint density at radius 2 is 2.05 bits per heavy atom. The maximum Gasteiger partial charge on any atom is 0.150 e. The highest BCUT2D eigenvalue weighted by atomic mass is 19.1. The van der Waals surface area contributed by atoms with Gasteiger partial charge in [0.1, 0.15) is 17.9 Å². The third kappa shape index (κ3) is 2.24. The van der Waals surface area contributed by atoms with E-state index in [0.717, 1.165) is 42.6 Å². The summed E-state index contributed by atoms with van der Waals surface area (Å²) in [7, 11) is 0. The number of aryl methyl sites for hydroxylation is 1. The Hall–Kier alpha value is -2.16. The van der Waals surface area contributed by atoms with Crippen LogP contribution in [0, 0.1) is 5.82 Å². The Bertz CT molecular complexity index is 635. The van der Waals surface area contributed by atoms with E-state index in [0.29, 0.717) is 11.1 Å². The fourth-order valence-corrected chi connectivity index (χ4v) is 2.37. The molecule has 0 atom stereocenters. The van der Waals surface area contributed by atoms with Crippen molar-refractivity contribution in [2.45, 2.75) is 12.8 Å². The van der Waals surface area contributed by atoms with Gasteiger partial charge in [-0.05, 0) is 54.3 Å². The van der Waals surface area contributed by atoms with Gasteiger partial charge in [-0.3, -0.25) is 4.79 Å². The van der Waals surface area contributed by atoms with Crippen LogP contribution in [0.25, 0.3) is 11.1 Å². The second-order valence-corrected chi connectivity index (χ2v) is 4.63. The van der Waals surface area contributed by atoms with Gasteiger partial charge in [0.25, 0.3) is 0 Å². The first-order valence-corrected chi connectivity index (χ1v) is 6.29. The molecule has 0 aromatic heterocycles. The van der Waals surface area contributed by atoms with Crippen LogP contribution in [-0.4, -0.2) is 12.9 Å². The van der Waals surface area contributed by atoms with Gasteiger partial charge in [-0.25, -0.2) is 4.39 Å². The minimum absolute atomic E-state index is 0.317. The van der Waals surface area contributed by atoms with Crippen LogP contribution < -0.4 is 4.74 Å². The summed E-state index contributed by atoms with van der Waals surface area (Å²) in [6.07, 6.45) is 2.65. The molecule has 0 bridgehead atoms. The number of halogens is 1. The maximum absolute atomic E-state index is 13.9. The lowest BCUT2D eigenvalue weighted by atomic mass is 9.97. The van der Waals surface area contributed by atoms with Gasteiger partial charge in [0.2, 0.25) is 0 Å². The minimum Gasteiger partial charge on any atom is -0.493 e. The molecule has 96 valence electrons. The number of benzene rings is 2. The zero-order chi connectivity index (χ0) is 13.2. The molecule has 0 saturated heterocycles. The largest absolute Gasteiger partial charge is 0.493 e. The number of rotatable bonds is 2. The predicted octanol–water partition coefficient (Wildman–Crippen LogP) is 3.63. The number of ether oxygens (including phenoxy) is 1. The van der Waals surface area contributed by atoms with Crippen molar-refractivity contribution in [1.29, 1.82) is 0 Å². The Balaban J connectivity index is 2.09. The third-order valence-electron chi connectivity index (χ3n) is 3.35. The summed E-state index contributed by atoms with van der Waals surface area (Å²) >= 11 is 0. The van der Waals surface area contributed by atoms with Crippen molar-refractivity contribution in [3.05, 3.63) is 53.3 Å². The third-order valence-corrected chi connectivity index (χ3v) is 3.35. The summed E-state index contributed by atoms with van der Waals surface area (Å²) in [6.45, 7) is 0.737. The summed E-state index contributed by atoms with van der Waals surface area (Å²) < 4.78 is 19.4. The number of fused-ring (bicyclic) bond motifs is 1. The van der Waals surface area contributed by atoms with E-state index in [1.807, 2.05) is 18.2 Å². The highest BCUT2D eigenvalue weighted by Gasteiger charge is 2.13. The van der Waals surface area contributed by atoms with Gasteiger partial charge in [0, 0.05) is 11.1 Å². The van der Waals surface area contributed by atoms with Crippen molar-refractivity contribution in [2.24, 2.45) is 0 Å². The Labute approximate surface area is 110 Å². The van der Waals surface area contributed by atoms with Crippen molar-refractivity contribution < 1.29 is 13.9 Å². The number of hydrogen-bond acceptors (Lipinski definition) is 2. The molecule has 0 saturated carbocycles. The molecule has 0 aliphatic carbocycles. The number of carbonyl (C=O) groups is 1. The van der Waals surface area contributed by atoms with E-state index in [1.54, 1.807) is 6.07 Å². The molecule has 0 unspecified atom stereocenters. The molecule has 0 fully saturated rings. The normalized spacial score (nSPS) is 13.5. The fraction of sp³-hybridized carbons (Fsp3) is 0.188. The highest BCUT2D eigenvalue weighted by Crippen LogP contribution is 2.31. The highest BCUT2D eigenvalue weighted by molar-refractivity contribution is 5.79. The molecule has 0 N–H and O–H groups in total. The van der Waals surface area contributed by atoms with Crippen molar-refractivity contribution in [1.82, 2.24) is 0 Å². The van der Waals surface area contributed by atoms with Crippen molar-refractivity contribution in [3.63, 3.8) is 0 Å². The molecule has 0 radical (unpaired) electrons. The first-order chi connectivity index (χ1) is 9.28. The molecule has 0 amide bonds. The number of aldehydes is 1. The van der Waals surface area contributed by atoms with Crippen LogP contribution in [0.3, 0.4) is 0 Å². The van der Waals surface area contributed by atoms with E-state index in [2.05, 4.69) is 0 Å². The predicted molar refractivity (Wildman–Crippen MR) is 71.0 cm³/mol. The zero-order valence-electron chi connectivity index (χ0n) is 10.4. The van der Waals surface area contributed by atoms with Gasteiger partial charge in [-0.2, -0.15) is 0 Å². The standard InChI is InChI=1S/C16H13FO2/c17-15-5-3-11(10-18)8-14(15)12-4-6-16-13(9-12)2-1-7-19-16/h3-6,8-10H,1-2,7H2. The van der Waals surface area contributed by atoms with Crippen molar-refractivity contribution in [3.8, 4) is 16.9 Å². The Morgan fingerprint density at radius 3 is 2.89 bits per heavy atom. The van der Waals surface area contributed by atoms with E-state index in [4.69, 9.17) is 4.74 Å². The number of carbonyl (C=O) groups excluding carboxylic acids is 1. The topological polar surface area (TPSA) is 26.3 Å². The lowest BCUT2D eigenvalue weighted by Crippen LogP contribution is -2.08. The molecule has 1 aliphatic rings. The SMILES string of the molecule is O=Cc1ccc(F)c(-c2ccc3c(c2)CCCO3)c1. The summed E-state index contributed by atoms with van der Waals surface area (Å²) in [5, 5.41) is 0.